The molecule has 0 spiro atoms. The van der Waals surface area contributed by atoms with E-state index in [1.807, 2.05) is 6.07 Å². The molecule has 5 nitrogen and oxygen atoms in total. The molecular formula is C17H22FN3O2S. The molecule has 0 radical (unpaired) electrons. The Balaban J connectivity index is 1.69. The Morgan fingerprint density at radius 1 is 1.38 bits per heavy atom. The first-order valence-corrected chi connectivity index (χ1v) is 8.76. The fraction of sp³-hybridized carbons (Fsp3) is 0.529. The van der Waals surface area contributed by atoms with Crippen molar-refractivity contribution in [3.05, 3.63) is 29.6 Å². The van der Waals surface area contributed by atoms with Gasteiger partial charge in [-0.1, -0.05) is 25.3 Å². The van der Waals surface area contributed by atoms with Crippen molar-refractivity contribution in [2.75, 3.05) is 18.0 Å². The number of halogens is 1. The van der Waals surface area contributed by atoms with Crippen LogP contribution in [0.4, 0.5) is 14.9 Å². The molecule has 7 heteroatoms. The van der Waals surface area contributed by atoms with Crippen LogP contribution in [0.3, 0.4) is 0 Å². The molecule has 3 rings (SSSR count). The maximum Gasteiger partial charge on any atom is 0.414 e. The minimum Gasteiger partial charge on any atom is -0.442 e. The van der Waals surface area contributed by atoms with Crippen molar-refractivity contribution in [3.8, 4) is 0 Å². The minimum absolute atomic E-state index is 0.160. The SMILES string of the molecule is NC(=S)NCC1CN(c2ccc(C3CCCCC3)c(F)c2)C(=O)O1. The Hall–Kier alpha value is -1.89. The fourth-order valence-electron chi connectivity index (χ4n) is 3.48. The Labute approximate surface area is 146 Å². The second-order valence-corrected chi connectivity index (χ2v) is 6.84. The maximum absolute atomic E-state index is 14.5. The summed E-state index contributed by atoms with van der Waals surface area (Å²) in [4.78, 5) is 13.5. The average Bonchev–Trinajstić information content (AvgIpc) is 2.94. The predicted octanol–water partition coefficient (Wildman–Crippen LogP) is 3.03. The molecule has 1 heterocycles. The van der Waals surface area contributed by atoms with Crippen LogP contribution in [-0.2, 0) is 4.74 Å². The lowest BCUT2D eigenvalue weighted by Gasteiger charge is -2.23. The molecule has 24 heavy (non-hydrogen) atoms. The second kappa shape index (κ2) is 7.34. The summed E-state index contributed by atoms with van der Waals surface area (Å²) in [6.07, 6.45) is 4.78. The molecule has 2 fully saturated rings. The molecule has 1 amide bonds. The number of nitrogens with one attached hydrogen (secondary N) is 1. The molecule has 0 aromatic heterocycles. The highest BCUT2D eigenvalue weighted by atomic mass is 32.1. The molecule has 1 atom stereocenters. The monoisotopic (exact) mass is 351 g/mol. The number of nitrogens with zero attached hydrogens (tertiary/aromatic N) is 1. The van der Waals surface area contributed by atoms with Gasteiger partial charge in [-0.15, -0.1) is 0 Å². The number of hydrogen-bond donors (Lipinski definition) is 2. The minimum atomic E-state index is -0.477. The molecule has 1 saturated carbocycles. The van der Waals surface area contributed by atoms with Gasteiger partial charge in [-0.2, -0.15) is 0 Å². The molecule has 130 valence electrons. The van der Waals surface area contributed by atoms with Crippen molar-refractivity contribution in [1.82, 2.24) is 5.32 Å². The van der Waals surface area contributed by atoms with Crippen molar-refractivity contribution in [2.45, 2.75) is 44.1 Å². The summed E-state index contributed by atoms with van der Waals surface area (Å²) in [5.74, 6) is 0.0535. The van der Waals surface area contributed by atoms with Gasteiger partial charge in [-0.3, -0.25) is 4.90 Å². The van der Waals surface area contributed by atoms with E-state index in [-0.39, 0.29) is 17.0 Å². The van der Waals surface area contributed by atoms with E-state index in [1.165, 1.54) is 17.4 Å². The Bertz CT molecular complexity index is 634. The van der Waals surface area contributed by atoms with Crippen molar-refractivity contribution in [3.63, 3.8) is 0 Å². The van der Waals surface area contributed by atoms with E-state index in [2.05, 4.69) is 5.32 Å². The topological polar surface area (TPSA) is 67.6 Å². The zero-order valence-corrected chi connectivity index (χ0v) is 14.3. The Morgan fingerprint density at radius 2 is 2.12 bits per heavy atom. The van der Waals surface area contributed by atoms with Gasteiger partial charge in [0.05, 0.1) is 18.8 Å². The van der Waals surface area contributed by atoms with Crippen LogP contribution in [0.25, 0.3) is 0 Å². The number of carbonyl (C=O) groups is 1. The van der Waals surface area contributed by atoms with Gasteiger partial charge in [0.25, 0.3) is 0 Å². The van der Waals surface area contributed by atoms with Crippen molar-refractivity contribution < 1.29 is 13.9 Å². The number of hydrogen-bond acceptors (Lipinski definition) is 3. The quantitative estimate of drug-likeness (QED) is 0.816. The molecule has 2 aliphatic rings. The highest BCUT2D eigenvalue weighted by Gasteiger charge is 2.33. The van der Waals surface area contributed by atoms with E-state index in [9.17, 15) is 9.18 Å². The zero-order chi connectivity index (χ0) is 17.1. The molecule has 1 aromatic carbocycles. The fourth-order valence-corrected chi connectivity index (χ4v) is 3.57. The van der Waals surface area contributed by atoms with Gasteiger partial charge >= 0.3 is 6.09 Å². The van der Waals surface area contributed by atoms with E-state index in [0.29, 0.717) is 24.7 Å². The molecular weight excluding hydrogens is 329 g/mol. The summed E-state index contributed by atoms with van der Waals surface area (Å²) in [5.41, 5.74) is 6.66. The number of nitrogens with two attached hydrogens (primary N) is 1. The number of benzene rings is 1. The van der Waals surface area contributed by atoms with Gasteiger partial charge in [0.2, 0.25) is 0 Å². The van der Waals surface area contributed by atoms with Gasteiger partial charge < -0.3 is 15.8 Å². The van der Waals surface area contributed by atoms with Crippen molar-refractivity contribution in [2.24, 2.45) is 5.73 Å². The third-order valence-electron chi connectivity index (χ3n) is 4.72. The summed E-state index contributed by atoms with van der Waals surface area (Å²) in [6.45, 7) is 0.691. The van der Waals surface area contributed by atoms with Crippen LogP contribution in [0, 0.1) is 5.82 Å². The van der Waals surface area contributed by atoms with E-state index in [4.69, 9.17) is 22.7 Å². The lowest BCUT2D eigenvalue weighted by Crippen LogP contribution is -2.37. The van der Waals surface area contributed by atoms with Gasteiger partial charge in [-0.05, 0) is 48.7 Å². The third-order valence-corrected chi connectivity index (χ3v) is 4.86. The largest absolute Gasteiger partial charge is 0.442 e. The summed E-state index contributed by atoms with van der Waals surface area (Å²) < 4.78 is 19.8. The molecule has 1 saturated heterocycles. The zero-order valence-electron chi connectivity index (χ0n) is 13.5. The summed E-state index contributed by atoms with van der Waals surface area (Å²) >= 11 is 4.74. The smallest absolute Gasteiger partial charge is 0.414 e. The standard InChI is InChI=1S/C17H22FN3O2S/c18-15-8-12(6-7-14(15)11-4-2-1-3-5-11)21-10-13(23-17(21)22)9-20-16(19)24/h6-8,11,13H,1-5,9-10H2,(H3,19,20,24). The first-order valence-electron chi connectivity index (χ1n) is 8.35. The predicted molar refractivity (Wildman–Crippen MR) is 94.6 cm³/mol. The van der Waals surface area contributed by atoms with Gasteiger partial charge in [-0.25, -0.2) is 9.18 Å². The average molecular weight is 351 g/mol. The summed E-state index contributed by atoms with van der Waals surface area (Å²) in [6, 6.07) is 5.06. The van der Waals surface area contributed by atoms with Crippen LogP contribution >= 0.6 is 12.2 Å². The summed E-state index contributed by atoms with van der Waals surface area (Å²) in [7, 11) is 0. The van der Waals surface area contributed by atoms with Crippen molar-refractivity contribution in [1.29, 1.82) is 0 Å². The van der Waals surface area contributed by atoms with Crippen LogP contribution in [0.2, 0.25) is 0 Å². The number of carbonyl (C=O) groups excluding carboxylic acids is 1. The van der Waals surface area contributed by atoms with E-state index in [0.717, 1.165) is 31.2 Å². The van der Waals surface area contributed by atoms with Crippen LogP contribution in [0.1, 0.15) is 43.6 Å². The Kier molecular flexibility index (Phi) is 5.18. The van der Waals surface area contributed by atoms with Crippen LogP contribution in [0.15, 0.2) is 18.2 Å². The normalized spacial score (nSPS) is 21.6. The lowest BCUT2D eigenvalue weighted by atomic mass is 9.84. The summed E-state index contributed by atoms with van der Waals surface area (Å²) in [5, 5.41) is 2.93. The second-order valence-electron chi connectivity index (χ2n) is 6.40. The molecule has 1 unspecified atom stereocenters. The van der Waals surface area contributed by atoms with E-state index >= 15 is 0 Å². The molecule has 1 aromatic rings. The van der Waals surface area contributed by atoms with Crippen molar-refractivity contribution >= 4 is 29.1 Å². The van der Waals surface area contributed by atoms with Crippen LogP contribution in [-0.4, -0.2) is 30.4 Å². The van der Waals surface area contributed by atoms with Gasteiger partial charge in [0, 0.05) is 0 Å². The van der Waals surface area contributed by atoms with Crippen LogP contribution in [0.5, 0.6) is 0 Å². The molecule has 3 N–H and O–H groups in total. The van der Waals surface area contributed by atoms with E-state index in [1.54, 1.807) is 6.07 Å². The molecule has 1 aliphatic heterocycles. The maximum atomic E-state index is 14.5. The molecule has 1 aliphatic carbocycles. The first-order chi connectivity index (χ1) is 11.5. The first kappa shape index (κ1) is 17.0. The number of anilines is 1. The number of cyclic esters (lactones) is 1. The number of amides is 1. The third kappa shape index (κ3) is 3.77. The lowest BCUT2D eigenvalue weighted by molar-refractivity contribution is 0.143. The van der Waals surface area contributed by atoms with Gasteiger partial charge in [0.15, 0.2) is 5.11 Å². The van der Waals surface area contributed by atoms with E-state index < -0.39 is 6.09 Å². The number of ether oxygens (including phenoxy) is 1. The van der Waals surface area contributed by atoms with Crippen LogP contribution < -0.4 is 16.0 Å². The van der Waals surface area contributed by atoms with Gasteiger partial charge in [0.1, 0.15) is 11.9 Å². The Morgan fingerprint density at radius 3 is 2.79 bits per heavy atom. The molecule has 0 bridgehead atoms. The highest BCUT2D eigenvalue weighted by molar-refractivity contribution is 7.80. The number of rotatable bonds is 4. The highest BCUT2D eigenvalue weighted by Crippen LogP contribution is 2.35. The number of thiocarbonyl (C=S) groups is 1.